The van der Waals surface area contributed by atoms with Crippen LogP contribution in [0.1, 0.15) is 64.9 Å². The van der Waals surface area contributed by atoms with E-state index in [0.29, 0.717) is 62.6 Å². The summed E-state index contributed by atoms with van der Waals surface area (Å²) in [7, 11) is 0. The second kappa shape index (κ2) is 11.4. The molecule has 2 atom stereocenters. The Hall–Kier alpha value is -4.83. The largest absolute Gasteiger partial charge is 0.505 e. The van der Waals surface area contributed by atoms with Crippen molar-refractivity contribution < 1.29 is 32.6 Å². The van der Waals surface area contributed by atoms with Gasteiger partial charge in [-0.25, -0.2) is 9.97 Å². The summed E-state index contributed by atoms with van der Waals surface area (Å²) in [5.74, 6) is -0.654. The molecule has 254 valence electrons. The third kappa shape index (κ3) is 5.15. The molecular formula is C32H28ClF3N8O5. The van der Waals surface area contributed by atoms with Crippen LogP contribution in [0.4, 0.5) is 18.9 Å². The van der Waals surface area contributed by atoms with E-state index >= 15 is 0 Å². The first-order chi connectivity index (χ1) is 23.5. The van der Waals surface area contributed by atoms with Crippen molar-refractivity contribution in [2.45, 2.75) is 49.7 Å². The van der Waals surface area contributed by atoms with Crippen molar-refractivity contribution in [3.8, 4) is 5.75 Å². The van der Waals surface area contributed by atoms with Gasteiger partial charge in [0.05, 0.1) is 18.9 Å². The molecule has 0 bridgehead atoms. The predicted molar refractivity (Wildman–Crippen MR) is 167 cm³/mol. The average molecular weight is 697 g/mol. The summed E-state index contributed by atoms with van der Waals surface area (Å²) in [6.07, 6.45) is 0.841. The van der Waals surface area contributed by atoms with Gasteiger partial charge in [-0.15, -0.1) is 5.10 Å². The summed E-state index contributed by atoms with van der Waals surface area (Å²) in [6, 6.07) is 4.71. The molecule has 4 aliphatic rings. The van der Waals surface area contributed by atoms with Gasteiger partial charge in [0.15, 0.2) is 16.7 Å². The Balaban J connectivity index is 1.17. The van der Waals surface area contributed by atoms with E-state index in [1.54, 1.807) is 9.47 Å². The highest BCUT2D eigenvalue weighted by Gasteiger charge is 2.64. The number of piperidine rings is 1. The summed E-state index contributed by atoms with van der Waals surface area (Å²) in [4.78, 5) is 55.0. The lowest BCUT2D eigenvalue weighted by Gasteiger charge is -2.41. The molecule has 2 N–H and O–H groups in total. The lowest BCUT2D eigenvalue weighted by atomic mass is 9.71. The van der Waals surface area contributed by atoms with Gasteiger partial charge in [-0.2, -0.15) is 22.7 Å². The molecule has 4 aromatic heterocycles. The number of carbonyl (C=O) groups excluding carboxylic acids is 2. The molecule has 1 saturated heterocycles. The van der Waals surface area contributed by atoms with Crippen molar-refractivity contribution in [1.29, 1.82) is 0 Å². The normalized spacial score (nSPS) is 21.0. The summed E-state index contributed by atoms with van der Waals surface area (Å²) in [6.45, 7) is 1.15. The fourth-order valence-electron chi connectivity index (χ4n) is 7.70. The van der Waals surface area contributed by atoms with Crippen LogP contribution in [0.3, 0.4) is 0 Å². The summed E-state index contributed by atoms with van der Waals surface area (Å²) in [5.41, 5.74) is -0.232. The summed E-state index contributed by atoms with van der Waals surface area (Å²) >= 11 is 6.03. The van der Waals surface area contributed by atoms with E-state index in [2.05, 4.69) is 20.4 Å². The van der Waals surface area contributed by atoms with Crippen LogP contribution in [0, 0.1) is 5.92 Å². The Morgan fingerprint density at radius 2 is 1.96 bits per heavy atom. The number of carbonyl (C=O) groups is 2. The number of pyridine rings is 2. The number of rotatable bonds is 5. The number of nitrogens with one attached hydrogen (secondary N) is 1. The number of aromatic hydroxyl groups is 1. The molecule has 17 heteroatoms. The Morgan fingerprint density at radius 3 is 2.65 bits per heavy atom. The number of likely N-dealkylation sites (tertiary alicyclic amines) is 1. The van der Waals surface area contributed by atoms with Crippen molar-refractivity contribution in [2.75, 3.05) is 31.6 Å². The van der Waals surface area contributed by atoms with Gasteiger partial charge in [0.25, 0.3) is 11.5 Å². The lowest BCUT2D eigenvalue weighted by molar-refractivity contribution is -0.141. The first-order valence-corrected chi connectivity index (χ1v) is 16.1. The van der Waals surface area contributed by atoms with E-state index < -0.39 is 34.3 Å². The van der Waals surface area contributed by atoms with Gasteiger partial charge in [0.1, 0.15) is 18.0 Å². The Kier molecular flexibility index (Phi) is 7.30. The van der Waals surface area contributed by atoms with Crippen molar-refractivity contribution in [1.82, 2.24) is 34.0 Å². The number of hydrogen-bond acceptors (Lipinski definition) is 9. The van der Waals surface area contributed by atoms with Crippen LogP contribution in [0.2, 0.25) is 5.15 Å². The van der Waals surface area contributed by atoms with Crippen LogP contribution in [0.15, 0.2) is 41.3 Å². The van der Waals surface area contributed by atoms with E-state index in [1.807, 2.05) is 6.08 Å². The van der Waals surface area contributed by atoms with Crippen LogP contribution >= 0.6 is 11.6 Å². The molecule has 0 unspecified atom stereocenters. The Morgan fingerprint density at radius 1 is 1.16 bits per heavy atom. The maximum atomic E-state index is 14.4. The molecule has 2 aliphatic carbocycles. The quantitative estimate of drug-likeness (QED) is 0.297. The second-order valence-electron chi connectivity index (χ2n) is 12.7. The number of halogens is 4. The van der Waals surface area contributed by atoms with Gasteiger partial charge >= 0.3 is 6.18 Å². The smallest absolute Gasteiger partial charge is 0.433 e. The number of ether oxygens (including phenoxy) is 1. The zero-order chi connectivity index (χ0) is 34.2. The molecule has 1 saturated carbocycles. The monoisotopic (exact) mass is 696 g/mol. The zero-order valence-corrected chi connectivity index (χ0v) is 26.5. The molecule has 6 heterocycles. The van der Waals surface area contributed by atoms with E-state index in [9.17, 15) is 32.7 Å². The SMILES string of the molecule is O=C(Cn1c2c(c(=O)n3nc(C4=CCOCC4)nc13)C1(CCN(C(=O)c3ncccc3O)CC1)[C@@H]1C[C@H]21)Nc1ccc(C(F)(F)F)nc1Cl. The van der Waals surface area contributed by atoms with Crippen molar-refractivity contribution in [3.05, 3.63) is 80.5 Å². The highest BCUT2D eigenvalue weighted by Crippen LogP contribution is 2.67. The second-order valence-corrected chi connectivity index (χ2v) is 13.1. The molecule has 0 aromatic carbocycles. The maximum absolute atomic E-state index is 14.4. The van der Waals surface area contributed by atoms with Gasteiger partial charge in [-0.05, 0) is 61.4 Å². The molecule has 0 radical (unpaired) electrons. The third-order valence-corrected chi connectivity index (χ3v) is 10.3. The fraction of sp³-hybridized carbons (Fsp3) is 0.406. The molecule has 8 rings (SSSR count). The van der Waals surface area contributed by atoms with Gasteiger partial charge in [0.2, 0.25) is 11.7 Å². The standard InChI is InChI=1S/C32H28ClF3N8O5/c33-26-19(3-4-21(39-26)32(34,35)36)38-22(46)15-43-25-17-14-18(17)31(7-10-42(11-8-31)29(48)24-20(45)2-1-9-37-24)23(25)28(47)44-30(43)40-27(41-44)16-5-12-49-13-6-16/h1-5,9,17-18,45H,6-8,10-15H2,(H,38,46)/t17-,18+/m0/s1. The van der Waals surface area contributed by atoms with Gasteiger partial charge in [-0.1, -0.05) is 17.7 Å². The number of aromatic nitrogens is 6. The highest BCUT2D eigenvalue weighted by atomic mass is 35.5. The van der Waals surface area contributed by atoms with Crippen molar-refractivity contribution >= 4 is 40.5 Å². The van der Waals surface area contributed by atoms with E-state index in [1.165, 1.54) is 22.8 Å². The number of anilines is 1. The zero-order valence-electron chi connectivity index (χ0n) is 25.7. The number of nitrogens with zero attached hydrogens (tertiary/aromatic N) is 7. The highest BCUT2D eigenvalue weighted by molar-refractivity contribution is 6.32. The number of alkyl halides is 3. The van der Waals surface area contributed by atoms with Gasteiger partial charge in [0, 0.05) is 41.9 Å². The first kappa shape index (κ1) is 31.4. The average Bonchev–Trinajstić information content (AvgIpc) is 3.68. The molecule has 13 nitrogen and oxygen atoms in total. The summed E-state index contributed by atoms with van der Waals surface area (Å²) in [5, 5.41) is 16.9. The fourth-order valence-corrected chi connectivity index (χ4v) is 7.90. The van der Waals surface area contributed by atoms with Crippen LogP contribution in [0.5, 0.6) is 5.75 Å². The molecule has 2 fully saturated rings. The van der Waals surface area contributed by atoms with Crippen LogP contribution in [-0.4, -0.2) is 77.3 Å². The first-order valence-electron chi connectivity index (χ1n) is 15.7. The van der Waals surface area contributed by atoms with Crippen LogP contribution in [-0.2, 0) is 27.7 Å². The molecule has 2 aliphatic heterocycles. The van der Waals surface area contributed by atoms with Gasteiger partial charge < -0.3 is 24.6 Å². The third-order valence-electron chi connectivity index (χ3n) is 10.0. The van der Waals surface area contributed by atoms with Crippen LogP contribution < -0.4 is 10.9 Å². The van der Waals surface area contributed by atoms with E-state index in [-0.39, 0.29) is 46.8 Å². The molecular weight excluding hydrogens is 669 g/mol. The minimum atomic E-state index is -4.71. The Labute approximate surface area is 280 Å². The predicted octanol–water partition coefficient (Wildman–Crippen LogP) is 3.79. The summed E-state index contributed by atoms with van der Waals surface area (Å²) < 4.78 is 47.8. The molecule has 4 aromatic rings. The lowest BCUT2D eigenvalue weighted by Crippen LogP contribution is -2.48. The number of fused-ring (bicyclic) bond motifs is 6. The molecule has 2 amide bonds. The van der Waals surface area contributed by atoms with E-state index in [4.69, 9.17) is 21.3 Å². The number of hydrogen-bond donors (Lipinski definition) is 2. The maximum Gasteiger partial charge on any atom is 0.433 e. The van der Waals surface area contributed by atoms with Crippen LogP contribution in [0.25, 0.3) is 11.4 Å². The minimum Gasteiger partial charge on any atom is -0.505 e. The van der Waals surface area contributed by atoms with E-state index in [0.717, 1.165) is 24.1 Å². The number of amides is 2. The minimum absolute atomic E-state index is 0.0365. The molecule has 49 heavy (non-hydrogen) atoms. The van der Waals surface area contributed by atoms with Gasteiger partial charge in [-0.3, -0.25) is 14.4 Å². The Bertz CT molecular complexity index is 2140. The topological polar surface area (TPSA) is 157 Å². The van der Waals surface area contributed by atoms with Crippen molar-refractivity contribution in [3.63, 3.8) is 0 Å². The van der Waals surface area contributed by atoms with Crippen molar-refractivity contribution in [2.24, 2.45) is 5.92 Å². The molecule has 1 spiro atoms.